The van der Waals surface area contributed by atoms with Crippen molar-refractivity contribution in [2.24, 2.45) is 0 Å². The van der Waals surface area contributed by atoms with Gasteiger partial charge >= 0.3 is 0 Å². The van der Waals surface area contributed by atoms with Crippen molar-refractivity contribution in [1.82, 2.24) is 10.5 Å². The van der Waals surface area contributed by atoms with E-state index in [0.717, 1.165) is 19.3 Å². The van der Waals surface area contributed by atoms with Gasteiger partial charge in [-0.25, -0.2) is 0 Å². The van der Waals surface area contributed by atoms with Crippen molar-refractivity contribution in [1.29, 1.82) is 0 Å². The van der Waals surface area contributed by atoms with Crippen LogP contribution in [0.1, 0.15) is 47.0 Å². The summed E-state index contributed by atoms with van der Waals surface area (Å²) in [6.45, 7) is 9.66. The summed E-state index contributed by atoms with van der Waals surface area (Å²) < 4.78 is 0. The van der Waals surface area contributed by atoms with E-state index in [0.29, 0.717) is 13.1 Å². The highest BCUT2D eigenvalue weighted by atomic mass is 17.0. The Bertz CT molecular complexity index is 233. The number of nitrogens with zero attached hydrogens (tertiary/aromatic N) is 2. The highest BCUT2D eigenvalue weighted by Gasteiger charge is 2.25. The fourth-order valence-electron chi connectivity index (χ4n) is 2.50. The van der Waals surface area contributed by atoms with Crippen molar-refractivity contribution < 1.29 is 19.4 Å². The molecule has 0 saturated carbocycles. The fourth-order valence-corrected chi connectivity index (χ4v) is 2.50. The molecule has 0 aromatic heterocycles. The second-order valence-corrected chi connectivity index (χ2v) is 5.60. The van der Waals surface area contributed by atoms with Gasteiger partial charge in [-0.2, -0.15) is 0 Å². The summed E-state index contributed by atoms with van der Waals surface area (Å²) in [6, 6.07) is 0. The predicted octanol–water partition coefficient (Wildman–Crippen LogP) is 2.07. The van der Waals surface area contributed by atoms with Crippen LogP contribution in [0.2, 0.25) is 0 Å². The molecule has 0 amide bonds. The second-order valence-electron chi connectivity index (χ2n) is 5.60. The van der Waals surface area contributed by atoms with Crippen molar-refractivity contribution in [2.75, 3.05) is 13.1 Å². The van der Waals surface area contributed by atoms with Crippen LogP contribution in [0, 0.1) is 0 Å². The Morgan fingerprint density at radius 2 is 1.00 bits per heavy atom. The molecule has 2 rings (SSSR count). The molecule has 0 spiro atoms. The molecule has 0 bridgehead atoms. The third kappa shape index (κ3) is 4.98. The molecule has 2 heterocycles. The third-order valence-electron chi connectivity index (χ3n) is 3.20. The van der Waals surface area contributed by atoms with Gasteiger partial charge in [0.1, 0.15) is 0 Å². The van der Waals surface area contributed by atoms with Gasteiger partial charge < -0.3 is 0 Å². The average molecular weight is 274 g/mol. The van der Waals surface area contributed by atoms with E-state index in [-0.39, 0.29) is 24.4 Å². The van der Waals surface area contributed by atoms with Gasteiger partial charge in [0.25, 0.3) is 0 Å². The summed E-state index contributed by atoms with van der Waals surface area (Å²) in [6.07, 6.45) is 3.59. The Balaban J connectivity index is 1.65. The Labute approximate surface area is 115 Å². The zero-order valence-electron chi connectivity index (χ0n) is 12.4. The van der Waals surface area contributed by atoms with E-state index >= 15 is 0 Å². The highest BCUT2D eigenvalue weighted by molar-refractivity contribution is 4.61. The van der Waals surface area contributed by atoms with Crippen LogP contribution in [0.15, 0.2) is 0 Å². The number of hydrogen-bond acceptors (Lipinski definition) is 6. The molecule has 2 aliphatic rings. The van der Waals surface area contributed by atoms with Crippen LogP contribution in [-0.2, 0) is 19.4 Å². The van der Waals surface area contributed by atoms with Crippen molar-refractivity contribution in [2.45, 2.75) is 71.4 Å². The standard InChI is InChI=1S/C13H26N2O4/c1-10-8-11(2)17-14(16-10)6-5-7-15-18-12(3)9-13(4)19-15/h10-13H,5-9H2,1-4H3. The zero-order valence-corrected chi connectivity index (χ0v) is 12.4. The minimum absolute atomic E-state index is 0.214. The van der Waals surface area contributed by atoms with Crippen LogP contribution in [0.25, 0.3) is 0 Å². The van der Waals surface area contributed by atoms with E-state index in [9.17, 15) is 0 Å². The van der Waals surface area contributed by atoms with E-state index in [1.54, 1.807) is 10.5 Å². The summed E-state index contributed by atoms with van der Waals surface area (Å²) in [7, 11) is 0. The van der Waals surface area contributed by atoms with E-state index in [1.807, 2.05) is 0 Å². The molecule has 0 radical (unpaired) electrons. The quantitative estimate of drug-likeness (QED) is 0.782. The van der Waals surface area contributed by atoms with E-state index in [2.05, 4.69) is 27.7 Å². The van der Waals surface area contributed by atoms with Crippen molar-refractivity contribution in [3.8, 4) is 0 Å². The molecule has 0 aromatic carbocycles. The highest BCUT2D eigenvalue weighted by Crippen LogP contribution is 2.19. The maximum atomic E-state index is 5.60. The zero-order chi connectivity index (χ0) is 13.8. The summed E-state index contributed by atoms with van der Waals surface area (Å²) in [5.41, 5.74) is 0. The van der Waals surface area contributed by atoms with Crippen molar-refractivity contribution in [3.05, 3.63) is 0 Å². The monoisotopic (exact) mass is 274 g/mol. The molecule has 4 unspecified atom stereocenters. The summed E-state index contributed by atoms with van der Waals surface area (Å²) in [4.78, 5) is 22.4. The van der Waals surface area contributed by atoms with Gasteiger partial charge in [0.2, 0.25) is 0 Å². The molecule has 6 nitrogen and oxygen atoms in total. The normalized spacial score (nSPS) is 38.5. The molecular weight excluding hydrogens is 248 g/mol. The van der Waals surface area contributed by atoms with E-state index in [1.165, 1.54) is 0 Å². The summed E-state index contributed by atoms with van der Waals surface area (Å²) in [5.74, 6) is 0. The van der Waals surface area contributed by atoms with Crippen LogP contribution in [0.5, 0.6) is 0 Å². The van der Waals surface area contributed by atoms with Crippen LogP contribution in [0.4, 0.5) is 0 Å². The smallest absolute Gasteiger partial charge is 0.0817 e. The maximum absolute atomic E-state index is 5.60. The molecule has 0 N–H and O–H groups in total. The molecule has 2 aliphatic heterocycles. The van der Waals surface area contributed by atoms with Crippen molar-refractivity contribution >= 4 is 0 Å². The van der Waals surface area contributed by atoms with E-state index in [4.69, 9.17) is 19.4 Å². The lowest BCUT2D eigenvalue weighted by Crippen LogP contribution is -2.43. The lowest BCUT2D eigenvalue weighted by Gasteiger charge is -2.35. The van der Waals surface area contributed by atoms with E-state index < -0.39 is 0 Å². The van der Waals surface area contributed by atoms with Gasteiger partial charge in [-0.3, -0.25) is 19.4 Å². The molecule has 0 aliphatic carbocycles. The minimum Gasteiger partial charge on any atom is -0.271 e. The largest absolute Gasteiger partial charge is 0.271 e. The SMILES string of the molecule is CC1CC(C)ON(CCCN2OC(C)CC(C)O2)O1. The Morgan fingerprint density at radius 3 is 1.32 bits per heavy atom. The van der Waals surface area contributed by atoms with Crippen molar-refractivity contribution in [3.63, 3.8) is 0 Å². The van der Waals surface area contributed by atoms with Crippen LogP contribution in [-0.4, -0.2) is 48.0 Å². The van der Waals surface area contributed by atoms with Crippen LogP contribution in [0.3, 0.4) is 0 Å². The second kappa shape index (κ2) is 6.97. The molecule has 112 valence electrons. The molecular formula is C13H26N2O4. The van der Waals surface area contributed by atoms with Gasteiger partial charge in [0.05, 0.1) is 37.5 Å². The first-order valence-electron chi connectivity index (χ1n) is 7.25. The topological polar surface area (TPSA) is 43.4 Å². The molecule has 2 fully saturated rings. The molecule has 0 aromatic rings. The van der Waals surface area contributed by atoms with Gasteiger partial charge in [-0.05, 0) is 34.1 Å². The number of hydroxylamine groups is 4. The first-order valence-corrected chi connectivity index (χ1v) is 7.25. The summed E-state index contributed by atoms with van der Waals surface area (Å²) >= 11 is 0. The number of hydrogen-bond donors (Lipinski definition) is 0. The Hall–Kier alpha value is -0.240. The molecule has 19 heavy (non-hydrogen) atoms. The fraction of sp³-hybridized carbons (Fsp3) is 1.00. The molecule has 4 atom stereocenters. The Morgan fingerprint density at radius 1 is 0.684 bits per heavy atom. The lowest BCUT2D eigenvalue weighted by molar-refractivity contribution is -0.440. The van der Waals surface area contributed by atoms with Gasteiger partial charge in [0, 0.05) is 12.8 Å². The summed E-state index contributed by atoms with van der Waals surface area (Å²) in [5, 5.41) is 3.19. The minimum atomic E-state index is 0.214. The molecule has 2 saturated heterocycles. The predicted molar refractivity (Wildman–Crippen MR) is 69.5 cm³/mol. The number of rotatable bonds is 4. The Kier molecular flexibility index (Phi) is 5.56. The first kappa shape index (κ1) is 15.2. The maximum Gasteiger partial charge on any atom is 0.0817 e. The third-order valence-corrected chi connectivity index (χ3v) is 3.20. The lowest BCUT2D eigenvalue weighted by atomic mass is 10.2. The van der Waals surface area contributed by atoms with Crippen LogP contribution >= 0.6 is 0 Å². The van der Waals surface area contributed by atoms with Gasteiger partial charge in [0.15, 0.2) is 0 Å². The van der Waals surface area contributed by atoms with Crippen LogP contribution < -0.4 is 0 Å². The average Bonchev–Trinajstić information content (AvgIpc) is 2.26. The molecule has 6 heteroatoms. The van der Waals surface area contributed by atoms with Gasteiger partial charge in [-0.1, -0.05) is 10.5 Å². The van der Waals surface area contributed by atoms with Gasteiger partial charge in [-0.15, -0.1) is 0 Å². The first-order chi connectivity index (χ1) is 9.02.